The lowest BCUT2D eigenvalue weighted by Crippen LogP contribution is -2.13. The summed E-state index contributed by atoms with van der Waals surface area (Å²) in [4.78, 5) is 16.1. The molecule has 2 aromatic rings. The number of H-pyrrole nitrogens is 1. The Morgan fingerprint density at radius 2 is 2.26 bits per heavy atom. The summed E-state index contributed by atoms with van der Waals surface area (Å²) >= 11 is 0. The zero-order valence-corrected chi connectivity index (χ0v) is 11.4. The fourth-order valence-electron chi connectivity index (χ4n) is 2.82. The van der Waals surface area contributed by atoms with Gasteiger partial charge >= 0.3 is 0 Å². The lowest BCUT2D eigenvalue weighted by atomic mass is 10.1. The number of hydrogen-bond donors (Lipinski definition) is 3. The molecule has 0 aromatic carbocycles. The van der Waals surface area contributed by atoms with E-state index >= 15 is 0 Å². The zero-order valence-electron chi connectivity index (χ0n) is 11.4. The fourth-order valence-corrected chi connectivity index (χ4v) is 2.82. The number of anilines is 2. The zero-order chi connectivity index (χ0) is 13.2. The van der Waals surface area contributed by atoms with Gasteiger partial charge in [-0.3, -0.25) is 0 Å². The summed E-state index contributed by atoms with van der Waals surface area (Å²) in [6, 6.07) is 0. The molecule has 1 fully saturated rings. The number of hydrogen-bond acceptors (Lipinski definition) is 5. The van der Waals surface area contributed by atoms with Crippen LogP contribution in [-0.2, 0) is 0 Å². The molecular formula is C13H20N6. The van der Waals surface area contributed by atoms with Crippen molar-refractivity contribution in [3.05, 3.63) is 6.33 Å². The Labute approximate surface area is 112 Å². The largest absolute Gasteiger partial charge is 0.368 e. The van der Waals surface area contributed by atoms with Crippen LogP contribution in [0.15, 0.2) is 6.33 Å². The minimum atomic E-state index is 0.599. The lowest BCUT2D eigenvalue weighted by Gasteiger charge is -2.12. The van der Waals surface area contributed by atoms with Crippen LogP contribution in [0.5, 0.6) is 0 Å². The van der Waals surface area contributed by atoms with Gasteiger partial charge in [-0.15, -0.1) is 0 Å². The fraction of sp³-hybridized carbons (Fsp3) is 0.615. The van der Waals surface area contributed by atoms with E-state index < -0.39 is 0 Å². The van der Waals surface area contributed by atoms with Crippen molar-refractivity contribution in [3.63, 3.8) is 0 Å². The van der Waals surface area contributed by atoms with Gasteiger partial charge < -0.3 is 15.6 Å². The molecule has 0 radical (unpaired) electrons. The van der Waals surface area contributed by atoms with Crippen LogP contribution in [0.3, 0.4) is 0 Å². The van der Waals surface area contributed by atoms with Gasteiger partial charge in [0.15, 0.2) is 11.5 Å². The van der Waals surface area contributed by atoms with E-state index in [0.29, 0.717) is 11.6 Å². The van der Waals surface area contributed by atoms with E-state index in [4.69, 9.17) is 0 Å². The minimum Gasteiger partial charge on any atom is -0.368 e. The quantitative estimate of drug-likeness (QED) is 0.785. The molecule has 2 aromatic heterocycles. The summed E-state index contributed by atoms with van der Waals surface area (Å²) in [7, 11) is 1.82. The Morgan fingerprint density at radius 1 is 1.37 bits per heavy atom. The Morgan fingerprint density at radius 3 is 3.00 bits per heavy atom. The molecule has 6 heteroatoms. The van der Waals surface area contributed by atoms with Crippen molar-refractivity contribution in [1.29, 1.82) is 0 Å². The molecular weight excluding hydrogens is 240 g/mol. The molecule has 2 atom stereocenters. The maximum Gasteiger partial charge on any atom is 0.226 e. The van der Waals surface area contributed by atoms with Gasteiger partial charge in [-0.1, -0.05) is 13.3 Å². The molecule has 2 heterocycles. The summed E-state index contributed by atoms with van der Waals surface area (Å²) in [6.45, 7) is 3.30. The predicted octanol–water partition coefficient (Wildman–Crippen LogP) is 2.24. The Balaban J connectivity index is 1.77. The first-order chi connectivity index (χ1) is 9.26. The average Bonchev–Trinajstić information content (AvgIpc) is 3.04. The summed E-state index contributed by atoms with van der Waals surface area (Å²) in [5.74, 6) is 3.05. The van der Waals surface area contributed by atoms with E-state index in [1.54, 1.807) is 6.33 Å². The molecule has 2 unspecified atom stereocenters. The van der Waals surface area contributed by atoms with Gasteiger partial charge in [-0.25, -0.2) is 4.98 Å². The van der Waals surface area contributed by atoms with Gasteiger partial charge in [0.05, 0.1) is 6.33 Å². The third kappa shape index (κ3) is 2.47. The van der Waals surface area contributed by atoms with Crippen molar-refractivity contribution in [1.82, 2.24) is 19.9 Å². The topological polar surface area (TPSA) is 78.5 Å². The van der Waals surface area contributed by atoms with E-state index in [9.17, 15) is 0 Å². The predicted molar refractivity (Wildman–Crippen MR) is 76.2 cm³/mol. The molecule has 1 aliphatic carbocycles. The molecule has 1 saturated carbocycles. The normalized spacial score (nSPS) is 22.8. The molecule has 19 heavy (non-hydrogen) atoms. The second-order valence-electron chi connectivity index (χ2n) is 5.41. The van der Waals surface area contributed by atoms with Crippen molar-refractivity contribution >= 4 is 22.9 Å². The van der Waals surface area contributed by atoms with E-state index in [2.05, 4.69) is 37.5 Å². The Kier molecular flexibility index (Phi) is 3.23. The summed E-state index contributed by atoms with van der Waals surface area (Å²) in [5.41, 5.74) is 1.58. The molecule has 0 amide bonds. The number of imidazole rings is 1. The molecule has 0 bridgehead atoms. The highest BCUT2D eigenvalue weighted by molar-refractivity contribution is 5.83. The number of rotatable bonds is 4. The summed E-state index contributed by atoms with van der Waals surface area (Å²) < 4.78 is 0. The molecule has 0 spiro atoms. The smallest absolute Gasteiger partial charge is 0.226 e. The Bertz CT molecular complexity index is 563. The SMILES string of the molecule is CNc1nc(NCC2CCC(C)C2)c2[nH]cnc2n1. The first-order valence-electron chi connectivity index (χ1n) is 6.89. The van der Waals surface area contributed by atoms with E-state index in [-0.39, 0.29) is 0 Å². The molecule has 6 nitrogen and oxygen atoms in total. The molecule has 102 valence electrons. The Hall–Kier alpha value is -1.85. The monoisotopic (exact) mass is 260 g/mol. The number of nitrogens with zero attached hydrogens (tertiary/aromatic N) is 3. The number of nitrogens with one attached hydrogen (secondary N) is 3. The van der Waals surface area contributed by atoms with Crippen molar-refractivity contribution in [2.24, 2.45) is 11.8 Å². The van der Waals surface area contributed by atoms with Crippen LogP contribution in [0.25, 0.3) is 11.2 Å². The van der Waals surface area contributed by atoms with Gasteiger partial charge in [0.2, 0.25) is 5.95 Å². The molecule has 1 aliphatic rings. The van der Waals surface area contributed by atoms with Gasteiger partial charge in [-0.05, 0) is 24.7 Å². The minimum absolute atomic E-state index is 0.599. The highest BCUT2D eigenvalue weighted by atomic mass is 15.2. The van der Waals surface area contributed by atoms with Crippen molar-refractivity contribution in [2.45, 2.75) is 26.2 Å². The first-order valence-corrected chi connectivity index (χ1v) is 6.89. The molecule has 3 rings (SSSR count). The van der Waals surface area contributed by atoms with Gasteiger partial charge in [0.1, 0.15) is 5.52 Å². The highest BCUT2D eigenvalue weighted by Gasteiger charge is 2.21. The number of aromatic amines is 1. The molecule has 0 saturated heterocycles. The van der Waals surface area contributed by atoms with Gasteiger partial charge in [0.25, 0.3) is 0 Å². The number of aromatic nitrogens is 4. The van der Waals surface area contributed by atoms with E-state index in [0.717, 1.165) is 29.7 Å². The van der Waals surface area contributed by atoms with Crippen LogP contribution in [0.1, 0.15) is 26.2 Å². The second kappa shape index (κ2) is 5.03. The van der Waals surface area contributed by atoms with Crippen LogP contribution >= 0.6 is 0 Å². The first kappa shape index (κ1) is 12.2. The van der Waals surface area contributed by atoms with Crippen LogP contribution in [0, 0.1) is 11.8 Å². The van der Waals surface area contributed by atoms with Crippen molar-refractivity contribution in [2.75, 3.05) is 24.2 Å². The van der Waals surface area contributed by atoms with Crippen molar-refractivity contribution in [3.8, 4) is 0 Å². The van der Waals surface area contributed by atoms with Gasteiger partial charge in [-0.2, -0.15) is 9.97 Å². The third-order valence-corrected chi connectivity index (χ3v) is 3.87. The lowest BCUT2D eigenvalue weighted by molar-refractivity contribution is 0.536. The highest BCUT2D eigenvalue weighted by Crippen LogP contribution is 2.30. The van der Waals surface area contributed by atoms with Crippen LogP contribution in [0.4, 0.5) is 11.8 Å². The van der Waals surface area contributed by atoms with Gasteiger partial charge in [0, 0.05) is 13.6 Å². The second-order valence-corrected chi connectivity index (χ2v) is 5.41. The average molecular weight is 260 g/mol. The van der Waals surface area contributed by atoms with Crippen LogP contribution in [0.2, 0.25) is 0 Å². The summed E-state index contributed by atoms with van der Waals surface area (Å²) in [6.07, 6.45) is 5.62. The maximum absolute atomic E-state index is 4.47. The molecule has 0 aliphatic heterocycles. The standard InChI is InChI=1S/C13H20N6/c1-8-3-4-9(5-8)6-15-11-10-12(17-7-16-10)19-13(14-2)18-11/h7-9H,3-6H2,1-2H3,(H3,14,15,16,17,18,19). The van der Waals surface area contributed by atoms with E-state index in [1.165, 1.54) is 19.3 Å². The molecule has 3 N–H and O–H groups in total. The van der Waals surface area contributed by atoms with E-state index in [1.807, 2.05) is 7.05 Å². The van der Waals surface area contributed by atoms with Crippen LogP contribution in [-0.4, -0.2) is 33.5 Å². The van der Waals surface area contributed by atoms with Crippen molar-refractivity contribution < 1.29 is 0 Å². The number of fused-ring (bicyclic) bond motifs is 1. The third-order valence-electron chi connectivity index (χ3n) is 3.87. The van der Waals surface area contributed by atoms with Crippen LogP contribution < -0.4 is 10.6 Å². The maximum atomic E-state index is 4.47. The summed E-state index contributed by atoms with van der Waals surface area (Å²) in [5, 5.41) is 6.42.